The summed E-state index contributed by atoms with van der Waals surface area (Å²) < 4.78 is 0. The van der Waals surface area contributed by atoms with Gasteiger partial charge in [0, 0.05) is 31.4 Å². The Bertz CT molecular complexity index is 759. The van der Waals surface area contributed by atoms with Crippen molar-refractivity contribution in [2.24, 2.45) is 11.7 Å². The number of piperidine rings is 1. The number of anilines is 1. The zero-order chi connectivity index (χ0) is 18.5. The van der Waals surface area contributed by atoms with Gasteiger partial charge in [-0.2, -0.15) is 0 Å². The Hall–Kier alpha value is -2.66. The SMILES string of the molecule is CN(C(=O)C1CCCN(Cc2ccccc2)C1)c1ccc(C(N)=O)cc1. The number of nitrogens with zero attached hydrogens (tertiary/aromatic N) is 2. The Morgan fingerprint density at radius 1 is 1.12 bits per heavy atom. The van der Waals surface area contributed by atoms with Crippen molar-refractivity contribution in [2.75, 3.05) is 25.0 Å². The number of likely N-dealkylation sites (tertiary alicyclic amines) is 1. The van der Waals surface area contributed by atoms with Gasteiger partial charge >= 0.3 is 0 Å². The van der Waals surface area contributed by atoms with Gasteiger partial charge in [0.05, 0.1) is 5.92 Å². The zero-order valence-electron chi connectivity index (χ0n) is 15.1. The first kappa shape index (κ1) is 18.1. The van der Waals surface area contributed by atoms with Gasteiger partial charge in [-0.15, -0.1) is 0 Å². The largest absolute Gasteiger partial charge is 0.366 e. The molecule has 0 spiro atoms. The molecule has 1 fully saturated rings. The predicted molar refractivity (Wildman–Crippen MR) is 103 cm³/mol. The van der Waals surface area contributed by atoms with Crippen LogP contribution in [-0.4, -0.2) is 36.9 Å². The minimum Gasteiger partial charge on any atom is -0.366 e. The number of primary amides is 1. The van der Waals surface area contributed by atoms with E-state index >= 15 is 0 Å². The van der Waals surface area contributed by atoms with E-state index in [9.17, 15) is 9.59 Å². The topological polar surface area (TPSA) is 66.6 Å². The maximum absolute atomic E-state index is 12.9. The van der Waals surface area contributed by atoms with E-state index in [4.69, 9.17) is 5.73 Å². The summed E-state index contributed by atoms with van der Waals surface area (Å²) in [6.45, 7) is 2.68. The Kier molecular flexibility index (Phi) is 5.68. The monoisotopic (exact) mass is 351 g/mol. The molecule has 0 bridgehead atoms. The fourth-order valence-electron chi connectivity index (χ4n) is 3.49. The Morgan fingerprint density at radius 3 is 2.46 bits per heavy atom. The molecule has 1 unspecified atom stereocenters. The molecule has 3 rings (SSSR count). The van der Waals surface area contributed by atoms with E-state index in [0.29, 0.717) is 5.56 Å². The highest BCUT2D eigenvalue weighted by Crippen LogP contribution is 2.23. The minimum absolute atomic E-state index is 0.00622. The molecule has 1 aliphatic heterocycles. The van der Waals surface area contributed by atoms with Crippen LogP contribution in [0.5, 0.6) is 0 Å². The standard InChI is InChI=1S/C21H25N3O2/c1-23(19-11-9-17(10-12-19)20(22)25)21(26)18-8-5-13-24(15-18)14-16-6-3-2-4-7-16/h2-4,6-7,9-12,18H,5,8,13-15H2,1H3,(H2,22,25). The van der Waals surface area contributed by atoms with Crippen LogP contribution in [0.4, 0.5) is 5.69 Å². The van der Waals surface area contributed by atoms with E-state index in [1.807, 2.05) is 18.2 Å². The van der Waals surface area contributed by atoms with Gasteiger partial charge in [-0.25, -0.2) is 0 Å². The molecule has 5 nitrogen and oxygen atoms in total. The summed E-state index contributed by atoms with van der Waals surface area (Å²) in [5, 5.41) is 0. The lowest BCUT2D eigenvalue weighted by molar-refractivity contribution is -0.123. The second kappa shape index (κ2) is 8.15. The fourth-order valence-corrected chi connectivity index (χ4v) is 3.49. The number of hydrogen-bond acceptors (Lipinski definition) is 3. The van der Waals surface area contributed by atoms with Crippen LogP contribution in [0, 0.1) is 5.92 Å². The Labute approximate surface area is 154 Å². The summed E-state index contributed by atoms with van der Waals surface area (Å²) in [6.07, 6.45) is 1.94. The molecule has 2 amide bonds. The van der Waals surface area contributed by atoms with Crippen LogP contribution in [0.25, 0.3) is 0 Å². The molecule has 136 valence electrons. The molecular weight excluding hydrogens is 326 g/mol. The Morgan fingerprint density at radius 2 is 1.81 bits per heavy atom. The highest BCUT2D eigenvalue weighted by molar-refractivity contribution is 5.96. The molecular formula is C21H25N3O2. The van der Waals surface area contributed by atoms with E-state index in [2.05, 4.69) is 17.0 Å². The first-order chi connectivity index (χ1) is 12.5. The van der Waals surface area contributed by atoms with Gasteiger partial charge in [0.25, 0.3) is 0 Å². The summed E-state index contributed by atoms with van der Waals surface area (Å²) in [4.78, 5) is 28.1. The van der Waals surface area contributed by atoms with Crippen molar-refractivity contribution in [3.8, 4) is 0 Å². The first-order valence-corrected chi connectivity index (χ1v) is 8.98. The quantitative estimate of drug-likeness (QED) is 0.900. The molecule has 2 aromatic rings. The number of hydrogen-bond donors (Lipinski definition) is 1. The van der Waals surface area contributed by atoms with Crippen LogP contribution in [-0.2, 0) is 11.3 Å². The van der Waals surface area contributed by atoms with Gasteiger partial charge < -0.3 is 10.6 Å². The lowest BCUT2D eigenvalue weighted by Crippen LogP contribution is -2.43. The Balaban J connectivity index is 1.63. The lowest BCUT2D eigenvalue weighted by Gasteiger charge is -2.34. The van der Waals surface area contributed by atoms with Gasteiger partial charge in [-0.3, -0.25) is 14.5 Å². The molecule has 0 aromatic heterocycles. The van der Waals surface area contributed by atoms with Gasteiger partial charge in [0.15, 0.2) is 0 Å². The van der Waals surface area contributed by atoms with Crippen molar-refractivity contribution < 1.29 is 9.59 Å². The normalized spacial score (nSPS) is 17.7. The number of nitrogens with two attached hydrogens (primary N) is 1. The second-order valence-corrected chi connectivity index (χ2v) is 6.87. The maximum atomic E-state index is 12.9. The van der Waals surface area contributed by atoms with Crippen molar-refractivity contribution in [1.82, 2.24) is 4.90 Å². The molecule has 1 atom stereocenters. The van der Waals surface area contributed by atoms with Crippen LogP contribution < -0.4 is 10.6 Å². The van der Waals surface area contributed by atoms with Crippen molar-refractivity contribution in [1.29, 1.82) is 0 Å². The molecule has 26 heavy (non-hydrogen) atoms. The molecule has 1 saturated heterocycles. The van der Waals surface area contributed by atoms with E-state index in [1.54, 1.807) is 36.2 Å². The van der Waals surface area contributed by atoms with Crippen molar-refractivity contribution >= 4 is 17.5 Å². The summed E-state index contributed by atoms with van der Waals surface area (Å²) in [7, 11) is 1.79. The third kappa shape index (κ3) is 4.29. The van der Waals surface area contributed by atoms with Gasteiger partial charge in [0.1, 0.15) is 0 Å². The van der Waals surface area contributed by atoms with E-state index in [-0.39, 0.29) is 11.8 Å². The van der Waals surface area contributed by atoms with Crippen molar-refractivity contribution in [3.63, 3.8) is 0 Å². The third-order valence-electron chi connectivity index (χ3n) is 4.97. The molecule has 2 aromatic carbocycles. The predicted octanol–water partition coefficient (Wildman–Crippen LogP) is 2.66. The number of carbonyl (C=O) groups excluding carboxylic acids is 2. The van der Waals surface area contributed by atoms with Crippen molar-refractivity contribution in [2.45, 2.75) is 19.4 Å². The maximum Gasteiger partial charge on any atom is 0.248 e. The lowest BCUT2D eigenvalue weighted by atomic mass is 9.96. The summed E-state index contributed by atoms with van der Waals surface area (Å²) in [5.74, 6) is -0.350. The average Bonchev–Trinajstić information content (AvgIpc) is 2.68. The first-order valence-electron chi connectivity index (χ1n) is 8.98. The highest BCUT2D eigenvalue weighted by atomic mass is 16.2. The molecule has 1 aliphatic rings. The number of rotatable bonds is 5. The highest BCUT2D eigenvalue weighted by Gasteiger charge is 2.28. The van der Waals surface area contributed by atoms with Crippen LogP contribution in [0.2, 0.25) is 0 Å². The molecule has 0 aliphatic carbocycles. The number of benzene rings is 2. The van der Waals surface area contributed by atoms with Crippen LogP contribution in [0.15, 0.2) is 54.6 Å². The molecule has 0 radical (unpaired) electrons. The summed E-state index contributed by atoms with van der Waals surface area (Å²) in [6, 6.07) is 17.2. The number of carbonyl (C=O) groups is 2. The van der Waals surface area contributed by atoms with Gasteiger partial charge in [0.2, 0.25) is 11.8 Å². The number of amides is 2. The van der Waals surface area contributed by atoms with E-state index in [0.717, 1.165) is 38.2 Å². The van der Waals surface area contributed by atoms with Crippen LogP contribution in [0.3, 0.4) is 0 Å². The minimum atomic E-state index is -0.464. The second-order valence-electron chi connectivity index (χ2n) is 6.87. The molecule has 2 N–H and O–H groups in total. The zero-order valence-corrected chi connectivity index (χ0v) is 15.1. The fraction of sp³-hybridized carbons (Fsp3) is 0.333. The van der Waals surface area contributed by atoms with Crippen LogP contribution in [0.1, 0.15) is 28.8 Å². The molecule has 0 saturated carbocycles. The average molecular weight is 351 g/mol. The smallest absolute Gasteiger partial charge is 0.248 e. The van der Waals surface area contributed by atoms with E-state index in [1.165, 1.54) is 5.56 Å². The van der Waals surface area contributed by atoms with Gasteiger partial charge in [-0.1, -0.05) is 30.3 Å². The molecule has 5 heteroatoms. The van der Waals surface area contributed by atoms with Crippen LogP contribution >= 0.6 is 0 Å². The van der Waals surface area contributed by atoms with Crippen molar-refractivity contribution in [3.05, 3.63) is 65.7 Å². The van der Waals surface area contributed by atoms with E-state index < -0.39 is 5.91 Å². The van der Waals surface area contributed by atoms with Gasteiger partial charge in [-0.05, 0) is 49.2 Å². The third-order valence-corrected chi connectivity index (χ3v) is 4.97. The summed E-state index contributed by atoms with van der Waals surface area (Å²) >= 11 is 0. The molecule has 1 heterocycles. The summed E-state index contributed by atoms with van der Waals surface area (Å²) in [5.41, 5.74) is 7.77.